The topological polar surface area (TPSA) is 78.4 Å². The average Bonchev–Trinajstić information content (AvgIpc) is 2.88. The highest BCUT2D eigenvalue weighted by atomic mass is 35.5. The average molecular weight is 303 g/mol. The van der Waals surface area contributed by atoms with Gasteiger partial charge in [0.2, 0.25) is 5.89 Å². The van der Waals surface area contributed by atoms with Crippen molar-refractivity contribution in [1.29, 1.82) is 0 Å². The summed E-state index contributed by atoms with van der Waals surface area (Å²) >= 11 is 5.92. The molecule has 0 aliphatic carbocycles. The van der Waals surface area contributed by atoms with Crippen LogP contribution in [0.25, 0.3) is 22.6 Å². The number of nitrogens with two attached hydrogens (primary N) is 1. The smallest absolute Gasteiger partial charge is 0.255 e. The van der Waals surface area contributed by atoms with Gasteiger partial charge >= 0.3 is 0 Å². The lowest BCUT2D eigenvalue weighted by Crippen LogP contribution is -2.19. The second kappa shape index (κ2) is 5.46. The molecule has 1 amide bonds. The molecule has 0 unspecified atom stereocenters. The van der Waals surface area contributed by atoms with Crippen LogP contribution in [0, 0.1) is 0 Å². The number of amides is 1. The van der Waals surface area contributed by atoms with Gasteiger partial charge < -0.3 is 14.9 Å². The Balaban J connectivity index is 1.86. The number of carbonyl (C=O) groups excluding carboxylic acids is 1. The standard InChI is InChI=1S/C15H11ClN2O3/c16-10-3-6-13-12(7-10)18-15(21-13)9-1-4-11(5-2-9)20-8-14(17)19/h1-7H,8H2,(H2,17,19). The molecule has 0 saturated heterocycles. The van der Waals surface area contributed by atoms with Gasteiger partial charge in [0.25, 0.3) is 5.91 Å². The fraction of sp³-hybridized carbons (Fsp3) is 0.0667. The SMILES string of the molecule is NC(=O)COc1ccc(-c2nc3cc(Cl)ccc3o2)cc1. The lowest BCUT2D eigenvalue weighted by atomic mass is 10.2. The number of rotatable bonds is 4. The van der Waals surface area contributed by atoms with E-state index < -0.39 is 5.91 Å². The summed E-state index contributed by atoms with van der Waals surface area (Å²) in [7, 11) is 0. The Morgan fingerprint density at radius 3 is 2.71 bits per heavy atom. The summed E-state index contributed by atoms with van der Waals surface area (Å²) in [4.78, 5) is 15.0. The Kier molecular flexibility index (Phi) is 3.50. The molecule has 21 heavy (non-hydrogen) atoms. The van der Waals surface area contributed by atoms with E-state index >= 15 is 0 Å². The summed E-state index contributed by atoms with van der Waals surface area (Å²) in [5.74, 6) is 0.528. The van der Waals surface area contributed by atoms with Gasteiger partial charge in [0.1, 0.15) is 11.3 Å². The summed E-state index contributed by atoms with van der Waals surface area (Å²) in [6.07, 6.45) is 0. The molecule has 6 heteroatoms. The van der Waals surface area contributed by atoms with Gasteiger partial charge in [-0.2, -0.15) is 0 Å². The van der Waals surface area contributed by atoms with Gasteiger partial charge in [-0.1, -0.05) is 11.6 Å². The molecule has 3 rings (SSSR count). The third-order valence-corrected chi connectivity index (χ3v) is 3.07. The van der Waals surface area contributed by atoms with E-state index in [1.54, 1.807) is 42.5 Å². The van der Waals surface area contributed by atoms with Crippen LogP contribution in [0.1, 0.15) is 0 Å². The number of aromatic nitrogens is 1. The Morgan fingerprint density at radius 1 is 1.24 bits per heavy atom. The van der Waals surface area contributed by atoms with Crippen molar-refractivity contribution in [2.45, 2.75) is 0 Å². The minimum atomic E-state index is -0.519. The number of halogens is 1. The van der Waals surface area contributed by atoms with Crippen LogP contribution >= 0.6 is 11.6 Å². The summed E-state index contributed by atoms with van der Waals surface area (Å²) in [5.41, 5.74) is 7.19. The van der Waals surface area contributed by atoms with Crippen molar-refractivity contribution in [2.24, 2.45) is 5.73 Å². The van der Waals surface area contributed by atoms with Crippen LogP contribution in [0.15, 0.2) is 46.9 Å². The maximum atomic E-state index is 10.6. The van der Waals surface area contributed by atoms with E-state index in [9.17, 15) is 4.79 Å². The molecule has 0 fully saturated rings. The number of primary amides is 1. The number of carbonyl (C=O) groups is 1. The number of hydrogen-bond donors (Lipinski definition) is 1. The maximum Gasteiger partial charge on any atom is 0.255 e. The quantitative estimate of drug-likeness (QED) is 0.803. The van der Waals surface area contributed by atoms with Gasteiger partial charge in [-0.05, 0) is 42.5 Å². The fourth-order valence-corrected chi connectivity index (χ4v) is 2.04. The first kappa shape index (κ1) is 13.5. The fourth-order valence-electron chi connectivity index (χ4n) is 1.87. The van der Waals surface area contributed by atoms with Crippen LogP contribution in [0.4, 0.5) is 0 Å². The predicted octanol–water partition coefficient (Wildman–Crippen LogP) is 3.01. The van der Waals surface area contributed by atoms with Gasteiger partial charge in [-0.3, -0.25) is 4.79 Å². The molecule has 0 radical (unpaired) electrons. The van der Waals surface area contributed by atoms with Gasteiger partial charge in [-0.25, -0.2) is 4.98 Å². The molecular weight excluding hydrogens is 292 g/mol. The minimum Gasteiger partial charge on any atom is -0.484 e. The summed E-state index contributed by atoms with van der Waals surface area (Å²) in [5, 5.41) is 0.609. The molecule has 0 bridgehead atoms. The lowest BCUT2D eigenvalue weighted by Gasteiger charge is -2.03. The van der Waals surface area contributed by atoms with Crippen LogP contribution in [0.2, 0.25) is 5.02 Å². The van der Waals surface area contributed by atoms with E-state index in [-0.39, 0.29) is 6.61 Å². The number of nitrogens with zero attached hydrogens (tertiary/aromatic N) is 1. The van der Waals surface area contributed by atoms with Crippen LogP contribution in [-0.4, -0.2) is 17.5 Å². The third-order valence-electron chi connectivity index (χ3n) is 2.83. The molecule has 0 spiro atoms. The van der Waals surface area contributed by atoms with Gasteiger partial charge in [0.05, 0.1) is 0 Å². The van der Waals surface area contributed by atoms with E-state index in [0.717, 1.165) is 5.56 Å². The highest BCUT2D eigenvalue weighted by molar-refractivity contribution is 6.31. The zero-order valence-electron chi connectivity index (χ0n) is 10.9. The molecule has 106 valence electrons. The maximum absolute atomic E-state index is 10.6. The first-order chi connectivity index (χ1) is 10.1. The molecular formula is C15H11ClN2O3. The number of fused-ring (bicyclic) bond motifs is 1. The van der Waals surface area contributed by atoms with E-state index in [1.165, 1.54) is 0 Å². The molecule has 0 aliphatic heterocycles. The molecule has 1 aromatic heterocycles. The van der Waals surface area contributed by atoms with Gasteiger partial charge in [-0.15, -0.1) is 0 Å². The van der Waals surface area contributed by atoms with E-state index in [0.29, 0.717) is 27.8 Å². The number of ether oxygens (including phenoxy) is 1. The highest BCUT2D eigenvalue weighted by Gasteiger charge is 2.09. The first-order valence-corrected chi connectivity index (χ1v) is 6.57. The third kappa shape index (κ3) is 2.98. The zero-order valence-corrected chi connectivity index (χ0v) is 11.6. The monoisotopic (exact) mass is 302 g/mol. The minimum absolute atomic E-state index is 0.152. The normalized spacial score (nSPS) is 10.7. The Hall–Kier alpha value is -2.53. The summed E-state index contributed by atoms with van der Waals surface area (Å²) < 4.78 is 10.9. The van der Waals surface area contributed by atoms with Crippen LogP contribution < -0.4 is 10.5 Å². The van der Waals surface area contributed by atoms with E-state index in [4.69, 9.17) is 26.5 Å². The molecule has 3 aromatic rings. The Morgan fingerprint density at radius 2 is 2.00 bits per heavy atom. The highest BCUT2D eigenvalue weighted by Crippen LogP contribution is 2.27. The van der Waals surface area contributed by atoms with Crippen LogP contribution in [0.5, 0.6) is 5.75 Å². The summed E-state index contributed by atoms with van der Waals surface area (Å²) in [6.45, 7) is -0.152. The van der Waals surface area contributed by atoms with Crippen LogP contribution in [0.3, 0.4) is 0 Å². The molecule has 2 aromatic carbocycles. The predicted molar refractivity (Wildman–Crippen MR) is 79.1 cm³/mol. The molecule has 0 saturated carbocycles. The lowest BCUT2D eigenvalue weighted by molar-refractivity contribution is -0.119. The number of benzene rings is 2. The molecule has 0 aliphatic rings. The summed E-state index contributed by atoms with van der Waals surface area (Å²) in [6, 6.07) is 12.3. The zero-order chi connectivity index (χ0) is 14.8. The number of oxazole rings is 1. The largest absolute Gasteiger partial charge is 0.484 e. The van der Waals surface area contributed by atoms with Gasteiger partial charge in [0.15, 0.2) is 12.2 Å². The van der Waals surface area contributed by atoms with Crippen molar-refractivity contribution in [1.82, 2.24) is 4.98 Å². The first-order valence-electron chi connectivity index (χ1n) is 6.19. The second-order valence-corrected chi connectivity index (χ2v) is 4.85. The van der Waals surface area contributed by atoms with Crippen LogP contribution in [-0.2, 0) is 4.79 Å². The Labute approximate surface area is 125 Å². The van der Waals surface area contributed by atoms with Gasteiger partial charge in [0, 0.05) is 10.6 Å². The van der Waals surface area contributed by atoms with Crippen molar-refractivity contribution in [2.75, 3.05) is 6.61 Å². The van der Waals surface area contributed by atoms with Crippen molar-refractivity contribution in [3.05, 3.63) is 47.5 Å². The van der Waals surface area contributed by atoms with Crippen molar-refractivity contribution < 1.29 is 13.9 Å². The molecule has 1 heterocycles. The van der Waals surface area contributed by atoms with Crippen molar-refractivity contribution >= 4 is 28.6 Å². The van der Waals surface area contributed by atoms with E-state index in [1.807, 2.05) is 0 Å². The Bertz CT molecular complexity index is 796. The molecule has 5 nitrogen and oxygen atoms in total. The van der Waals surface area contributed by atoms with Crippen molar-refractivity contribution in [3.8, 4) is 17.2 Å². The molecule has 2 N–H and O–H groups in total. The molecule has 0 atom stereocenters. The van der Waals surface area contributed by atoms with E-state index in [2.05, 4.69) is 4.98 Å². The second-order valence-electron chi connectivity index (χ2n) is 4.41. The number of hydrogen-bond acceptors (Lipinski definition) is 4. The van der Waals surface area contributed by atoms with Crippen molar-refractivity contribution in [3.63, 3.8) is 0 Å².